The lowest BCUT2D eigenvalue weighted by molar-refractivity contribution is 0.345. The first-order valence-corrected chi connectivity index (χ1v) is 8.13. The molecule has 0 saturated carbocycles. The summed E-state index contributed by atoms with van der Waals surface area (Å²) in [6, 6.07) is 8.80. The normalized spacial score (nSPS) is 20.1. The van der Waals surface area contributed by atoms with Gasteiger partial charge in [-0.25, -0.2) is 0 Å². The zero-order valence-electron chi connectivity index (χ0n) is 13.3. The Kier molecular flexibility index (Phi) is 4.73. The summed E-state index contributed by atoms with van der Waals surface area (Å²) in [5.41, 5.74) is 0. The molecule has 0 radical (unpaired) electrons. The Bertz CT molecular complexity index is 583. The lowest BCUT2D eigenvalue weighted by atomic mass is 10.0. The molecule has 5 nitrogen and oxygen atoms in total. The third-order valence-corrected chi connectivity index (χ3v) is 4.25. The van der Waals surface area contributed by atoms with E-state index in [1.165, 1.54) is 12.8 Å². The van der Waals surface area contributed by atoms with Crippen LogP contribution in [-0.4, -0.2) is 29.3 Å². The molecule has 2 atom stereocenters. The van der Waals surface area contributed by atoms with Crippen molar-refractivity contribution in [3.05, 3.63) is 42.0 Å². The summed E-state index contributed by atoms with van der Waals surface area (Å²) in [5, 5.41) is 11.9. The van der Waals surface area contributed by atoms with Crippen molar-refractivity contribution in [1.82, 2.24) is 15.5 Å². The topological polar surface area (TPSA) is 54.2 Å². The molecule has 3 heterocycles. The van der Waals surface area contributed by atoms with Gasteiger partial charge in [-0.2, -0.15) is 5.10 Å². The average Bonchev–Trinajstić information content (AvgIpc) is 3.05. The van der Waals surface area contributed by atoms with Gasteiger partial charge in [0.2, 0.25) is 0 Å². The monoisotopic (exact) mass is 300 g/mol. The molecular formula is C17H24N4O. The van der Waals surface area contributed by atoms with Gasteiger partial charge in [0.25, 0.3) is 0 Å². The van der Waals surface area contributed by atoms with Crippen LogP contribution in [-0.2, 0) is 6.42 Å². The van der Waals surface area contributed by atoms with Crippen LogP contribution in [0.2, 0.25) is 0 Å². The molecule has 0 spiro atoms. The summed E-state index contributed by atoms with van der Waals surface area (Å²) in [7, 11) is 0. The van der Waals surface area contributed by atoms with E-state index in [1.807, 2.05) is 12.1 Å². The standard InChI is InChI=1S/C17H24N4O/c1-3-15-8-9-16(22-15)13(2)19-14-6-5-11-21(12-14)17-7-4-10-18-20-17/h4,7-10,13-14,19H,3,5-6,11-12H2,1-2H3/t13-,14-/m0/s1. The molecule has 1 aliphatic heterocycles. The minimum atomic E-state index is 0.229. The molecule has 3 rings (SSSR count). The van der Waals surface area contributed by atoms with Gasteiger partial charge in [0.05, 0.1) is 6.04 Å². The summed E-state index contributed by atoms with van der Waals surface area (Å²) in [5.74, 6) is 3.04. The SMILES string of the molecule is CCc1ccc([C@H](C)N[C@H]2CCCN(c3cccnn3)C2)o1. The molecule has 1 saturated heterocycles. The zero-order chi connectivity index (χ0) is 15.4. The number of aryl methyl sites for hydroxylation is 1. The third-order valence-electron chi connectivity index (χ3n) is 4.25. The molecule has 1 N–H and O–H groups in total. The van der Waals surface area contributed by atoms with Gasteiger partial charge < -0.3 is 14.6 Å². The van der Waals surface area contributed by atoms with Gasteiger partial charge in [-0.15, -0.1) is 5.10 Å². The van der Waals surface area contributed by atoms with E-state index in [0.717, 1.165) is 36.8 Å². The Labute approximate surface area is 131 Å². The molecule has 0 bridgehead atoms. The van der Waals surface area contributed by atoms with E-state index >= 15 is 0 Å². The summed E-state index contributed by atoms with van der Waals surface area (Å²) in [4.78, 5) is 2.31. The van der Waals surface area contributed by atoms with E-state index in [-0.39, 0.29) is 6.04 Å². The number of hydrogen-bond acceptors (Lipinski definition) is 5. The molecule has 0 amide bonds. The number of nitrogens with one attached hydrogen (secondary N) is 1. The maximum atomic E-state index is 5.85. The Balaban J connectivity index is 1.60. The minimum absolute atomic E-state index is 0.229. The second kappa shape index (κ2) is 6.92. The largest absolute Gasteiger partial charge is 0.464 e. The summed E-state index contributed by atoms with van der Waals surface area (Å²) >= 11 is 0. The van der Waals surface area contributed by atoms with Crippen LogP contribution in [0.3, 0.4) is 0 Å². The molecule has 1 aliphatic rings. The van der Waals surface area contributed by atoms with Crippen LogP contribution in [0.15, 0.2) is 34.9 Å². The lowest BCUT2D eigenvalue weighted by Gasteiger charge is -2.34. The fraction of sp³-hybridized carbons (Fsp3) is 0.529. The number of hydrogen-bond donors (Lipinski definition) is 1. The fourth-order valence-corrected chi connectivity index (χ4v) is 3.04. The molecule has 22 heavy (non-hydrogen) atoms. The van der Waals surface area contributed by atoms with Crippen LogP contribution < -0.4 is 10.2 Å². The van der Waals surface area contributed by atoms with E-state index < -0.39 is 0 Å². The van der Waals surface area contributed by atoms with E-state index in [1.54, 1.807) is 6.20 Å². The highest BCUT2D eigenvalue weighted by Gasteiger charge is 2.23. The second-order valence-electron chi connectivity index (χ2n) is 5.91. The van der Waals surface area contributed by atoms with Crippen molar-refractivity contribution in [2.24, 2.45) is 0 Å². The van der Waals surface area contributed by atoms with Crippen molar-refractivity contribution in [3.8, 4) is 0 Å². The second-order valence-corrected chi connectivity index (χ2v) is 5.91. The van der Waals surface area contributed by atoms with E-state index in [2.05, 4.69) is 46.4 Å². The molecule has 5 heteroatoms. The van der Waals surface area contributed by atoms with Crippen molar-refractivity contribution in [1.29, 1.82) is 0 Å². The van der Waals surface area contributed by atoms with Gasteiger partial charge in [-0.3, -0.25) is 0 Å². The van der Waals surface area contributed by atoms with Crippen LogP contribution in [0.1, 0.15) is 44.3 Å². The van der Waals surface area contributed by atoms with Gasteiger partial charge in [0, 0.05) is 31.7 Å². The van der Waals surface area contributed by atoms with E-state index in [9.17, 15) is 0 Å². The molecule has 0 aromatic carbocycles. The summed E-state index contributed by atoms with van der Waals surface area (Å²) < 4.78 is 5.85. The molecule has 1 fully saturated rings. The number of nitrogens with zero attached hydrogens (tertiary/aromatic N) is 3. The lowest BCUT2D eigenvalue weighted by Crippen LogP contribution is -2.46. The smallest absolute Gasteiger partial charge is 0.151 e. The number of piperidine rings is 1. The van der Waals surface area contributed by atoms with Gasteiger partial charge in [-0.1, -0.05) is 6.92 Å². The highest BCUT2D eigenvalue weighted by atomic mass is 16.3. The third kappa shape index (κ3) is 3.47. The van der Waals surface area contributed by atoms with Gasteiger partial charge in [-0.05, 0) is 44.0 Å². The molecule has 2 aromatic rings. The van der Waals surface area contributed by atoms with E-state index in [4.69, 9.17) is 4.42 Å². The quantitative estimate of drug-likeness (QED) is 0.920. The predicted octanol–water partition coefficient (Wildman–Crippen LogP) is 2.95. The first kappa shape index (κ1) is 15.0. The van der Waals surface area contributed by atoms with Crippen molar-refractivity contribution in [2.45, 2.75) is 45.2 Å². The number of aromatic nitrogens is 2. The molecule has 0 aliphatic carbocycles. The van der Waals surface area contributed by atoms with Crippen molar-refractivity contribution < 1.29 is 4.42 Å². The zero-order valence-corrected chi connectivity index (χ0v) is 13.3. The number of anilines is 1. The van der Waals surface area contributed by atoms with E-state index in [0.29, 0.717) is 6.04 Å². The Hall–Kier alpha value is -1.88. The van der Waals surface area contributed by atoms with Crippen LogP contribution in [0.4, 0.5) is 5.82 Å². The predicted molar refractivity (Wildman–Crippen MR) is 86.9 cm³/mol. The highest BCUT2D eigenvalue weighted by Crippen LogP contribution is 2.21. The first-order chi connectivity index (χ1) is 10.8. The van der Waals surface area contributed by atoms with Gasteiger partial charge in [0.1, 0.15) is 11.5 Å². The molecular weight excluding hydrogens is 276 g/mol. The maximum Gasteiger partial charge on any atom is 0.151 e. The number of furan rings is 1. The van der Waals surface area contributed by atoms with Crippen LogP contribution in [0.25, 0.3) is 0 Å². The summed E-state index contributed by atoms with van der Waals surface area (Å²) in [6.45, 7) is 6.29. The first-order valence-electron chi connectivity index (χ1n) is 8.13. The Morgan fingerprint density at radius 3 is 3.05 bits per heavy atom. The van der Waals surface area contributed by atoms with Crippen molar-refractivity contribution in [3.63, 3.8) is 0 Å². The highest BCUT2D eigenvalue weighted by molar-refractivity contribution is 5.37. The van der Waals surface area contributed by atoms with Crippen molar-refractivity contribution >= 4 is 5.82 Å². The molecule has 0 unspecified atom stereocenters. The maximum absolute atomic E-state index is 5.85. The van der Waals surface area contributed by atoms with Crippen LogP contribution >= 0.6 is 0 Å². The average molecular weight is 300 g/mol. The Morgan fingerprint density at radius 1 is 1.41 bits per heavy atom. The molecule has 2 aromatic heterocycles. The van der Waals surface area contributed by atoms with Crippen LogP contribution in [0, 0.1) is 0 Å². The van der Waals surface area contributed by atoms with Gasteiger partial charge >= 0.3 is 0 Å². The fourth-order valence-electron chi connectivity index (χ4n) is 3.04. The molecule has 118 valence electrons. The number of rotatable bonds is 5. The Morgan fingerprint density at radius 2 is 2.32 bits per heavy atom. The summed E-state index contributed by atoms with van der Waals surface area (Å²) in [6.07, 6.45) is 5.01. The van der Waals surface area contributed by atoms with Crippen molar-refractivity contribution in [2.75, 3.05) is 18.0 Å². The van der Waals surface area contributed by atoms with Gasteiger partial charge in [0.15, 0.2) is 5.82 Å². The minimum Gasteiger partial charge on any atom is -0.464 e. The van der Waals surface area contributed by atoms with Crippen LogP contribution in [0.5, 0.6) is 0 Å².